The third-order valence-electron chi connectivity index (χ3n) is 3.99. The molecule has 0 heterocycles. The third-order valence-corrected chi connectivity index (χ3v) is 5.12. The summed E-state index contributed by atoms with van der Waals surface area (Å²) in [6.45, 7) is 0. The van der Waals surface area contributed by atoms with E-state index in [1.54, 1.807) is 30.3 Å². The van der Waals surface area contributed by atoms with E-state index in [9.17, 15) is 35.6 Å². The van der Waals surface area contributed by atoms with Crippen molar-refractivity contribution in [1.29, 1.82) is 5.26 Å². The lowest BCUT2D eigenvalue weighted by Gasteiger charge is -2.09. The second-order valence-electron chi connectivity index (χ2n) is 5.92. The maximum atomic E-state index is 13.7. The maximum Gasteiger partial charge on any atom is 0.364 e. The molecule has 5 nitrogen and oxygen atoms in total. The monoisotopic (exact) mass is 452 g/mol. The number of halogens is 5. The average molecular weight is 452 g/mol. The van der Waals surface area contributed by atoms with E-state index >= 15 is 0 Å². The second kappa shape index (κ2) is 8.53. The molecule has 0 unspecified atom stereocenters. The quantitative estimate of drug-likeness (QED) is 0.224. The fraction of sp³-hybridized carbons (Fsp3) is 0. The van der Waals surface area contributed by atoms with E-state index in [2.05, 4.69) is 9.44 Å². The van der Waals surface area contributed by atoms with Crippen molar-refractivity contribution < 1.29 is 34.7 Å². The Balaban J connectivity index is 1.90. The highest BCUT2D eigenvalue weighted by molar-refractivity contribution is 7.86. The smallest absolute Gasteiger partial charge is 0.264 e. The zero-order chi connectivity index (χ0) is 22.8. The van der Waals surface area contributed by atoms with Gasteiger partial charge in [-0.1, -0.05) is 47.6 Å². The van der Waals surface area contributed by atoms with Crippen LogP contribution in [0.2, 0.25) is 0 Å². The molecule has 31 heavy (non-hydrogen) atoms. The largest absolute Gasteiger partial charge is 0.364 e. The Hall–Kier alpha value is -3.78. The molecule has 2 aromatic rings. The van der Waals surface area contributed by atoms with Gasteiger partial charge < -0.3 is 0 Å². The van der Waals surface area contributed by atoms with Crippen LogP contribution < -0.4 is 0 Å². The first-order valence-corrected chi connectivity index (χ1v) is 9.67. The van der Waals surface area contributed by atoms with Crippen molar-refractivity contribution >= 4 is 21.4 Å². The van der Waals surface area contributed by atoms with Crippen LogP contribution in [0.25, 0.3) is 5.57 Å². The van der Waals surface area contributed by atoms with Gasteiger partial charge in [0.15, 0.2) is 28.2 Å². The van der Waals surface area contributed by atoms with Gasteiger partial charge in [-0.3, -0.25) is 4.28 Å². The third kappa shape index (κ3) is 4.24. The summed E-state index contributed by atoms with van der Waals surface area (Å²) in [5.41, 5.74) is 1.22. The van der Waals surface area contributed by atoms with Crippen molar-refractivity contribution in [1.82, 2.24) is 0 Å². The molecule has 158 valence electrons. The first-order chi connectivity index (χ1) is 14.7. The van der Waals surface area contributed by atoms with Gasteiger partial charge >= 0.3 is 10.1 Å². The summed E-state index contributed by atoms with van der Waals surface area (Å²) < 4.78 is 95.1. The van der Waals surface area contributed by atoms with Crippen LogP contribution >= 0.6 is 0 Å². The molecule has 3 rings (SSSR count). The molecule has 0 spiro atoms. The predicted molar refractivity (Wildman–Crippen MR) is 99.2 cm³/mol. The average Bonchev–Trinajstić information content (AvgIpc) is 2.77. The highest BCUT2D eigenvalue weighted by Crippen LogP contribution is 2.28. The van der Waals surface area contributed by atoms with E-state index in [1.165, 1.54) is 24.3 Å². The van der Waals surface area contributed by atoms with Crippen molar-refractivity contribution in [2.24, 2.45) is 5.16 Å². The van der Waals surface area contributed by atoms with Crippen LogP contribution in [0.1, 0.15) is 5.56 Å². The Bertz CT molecular complexity index is 1280. The number of allylic oxidation sites excluding steroid dienone is 6. The molecule has 1 aliphatic carbocycles. The molecule has 0 radical (unpaired) electrons. The normalized spacial score (nSPS) is 13.2. The van der Waals surface area contributed by atoms with Gasteiger partial charge in [0.25, 0.3) is 0 Å². The molecule has 0 N–H and O–H groups in total. The van der Waals surface area contributed by atoms with Gasteiger partial charge in [0.2, 0.25) is 5.82 Å². The maximum absolute atomic E-state index is 13.7. The van der Waals surface area contributed by atoms with Gasteiger partial charge in [-0.05, 0) is 23.3 Å². The standard InChI is InChI=1S/C20H9F5N2O3S/c21-15-16(22)18(24)20(19(25)17(15)23)31(28,29)30-27-13-8-6-12(7-9-13)14(10-26)11-4-2-1-3-5-11/h1-9H. The van der Waals surface area contributed by atoms with E-state index in [4.69, 9.17) is 0 Å². The van der Waals surface area contributed by atoms with Crippen LogP contribution in [0.15, 0.2) is 70.3 Å². The van der Waals surface area contributed by atoms with Gasteiger partial charge in [-0.15, -0.1) is 0 Å². The minimum atomic E-state index is -5.48. The Morgan fingerprint density at radius 1 is 0.839 bits per heavy atom. The number of nitrogens with zero attached hydrogens (tertiary/aromatic N) is 2. The molecule has 0 bridgehead atoms. The lowest BCUT2D eigenvalue weighted by Crippen LogP contribution is -2.14. The van der Waals surface area contributed by atoms with Crippen LogP contribution in [0.5, 0.6) is 0 Å². The van der Waals surface area contributed by atoms with E-state index in [0.717, 1.165) is 0 Å². The number of hydrogen-bond donors (Lipinski definition) is 0. The fourth-order valence-electron chi connectivity index (χ4n) is 2.52. The van der Waals surface area contributed by atoms with E-state index in [-0.39, 0.29) is 5.71 Å². The van der Waals surface area contributed by atoms with Gasteiger partial charge in [0, 0.05) is 0 Å². The molecule has 1 aliphatic rings. The summed E-state index contributed by atoms with van der Waals surface area (Å²) >= 11 is 0. The lowest BCUT2D eigenvalue weighted by atomic mass is 9.97. The van der Waals surface area contributed by atoms with Crippen molar-refractivity contribution in [3.05, 3.63) is 94.9 Å². The SMILES string of the molecule is N#CC(=C1C=CC(=NOS(=O)(=O)c2c(F)c(F)c(F)c(F)c2F)C=C1)c1ccccc1. The van der Waals surface area contributed by atoms with Crippen molar-refractivity contribution in [3.63, 3.8) is 0 Å². The van der Waals surface area contributed by atoms with E-state index in [0.29, 0.717) is 16.7 Å². The molecular weight excluding hydrogens is 443 g/mol. The predicted octanol–water partition coefficient (Wildman–Crippen LogP) is 4.55. The lowest BCUT2D eigenvalue weighted by molar-refractivity contribution is 0.318. The first-order valence-electron chi connectivity index (χ1n) is 8.26. The van der Waals surface area contributed by atoms with Crippen LogP contribution in [-0.2, 0) is 14.4 Å². The van der Waals surface area contributed by atoms with Crippen LogP contribution in [0.4, 0.5) is 22.0 Å². The Kier molecular flexibility index (Phi) is 6.03. The molecule has 0 amide bonds. The molecule has 0 fully saturated rings. The van der Waals surface area contributed by atoms with Gasteiger partial charge in [0.1, 0.15) is 11.8 Å². The van der Waals surface area contributed by atoms with Gasteiger partial charge in [-0.25, -0.2) is 22.0 Å². The minimum Gasteiger partial charge on any atom is -0.264 e. The van der Waals surface area contributed by atoms with Crippen LogP contribution in [-0.4, -0.2) is 14.1 Å². The minimum absolute atomic E-state index is 0.165. The molecule has 0 saturated carbocycles. The number of nitriles is 1. The molecular formula is C20H9F5N2O3S. The molecule has 11 heteroatoms. The number of hydrogen-bond acceptors (Lipinski definition) is 5. The van der Waals surface area contributed by atoms with E-state index < -0.39 is 44.1 Å². The summed E-state index contributed by atoms with van der Waals surface area (Å²) in [5, 5.41) is 12.5. The number of oxime groups is 1. The van der Waals surface area contributed by atoms with Crippen molar-refractivity contribution in [2.75, 3.05) is 0 Å². The summed E-state index contributed by atoms with van der Waals surface area (Å²) in [4.78, 5) is -2.16. The van der Waals surface area contributed by atoms with Crippen molar-refractivity contribution in [3.8, 4) is 6.07 Å². The van der Waals surface area contributed by atoms with Crippen LogP contribution in [0.3, 0.4) is 0 Å². The van der Waals surface area contributed by atoms with Crippen molar-refractivity contribution in [2.45, 2.75) is 4.90 Å². The summed E-state index contributed by atoms with van der Waals surface area (Å²) in [5.74, 6) is -12.5. The van der Waals surface area contributed by atoms with E-state index in [1.807, 2.05) is 6.07 Å². The Morgan fingerprint density at radius 2 is 1.35 bits per heavy atom. The highest BCUT2D eigenvalue weighted by Gasteiger charge is 2.35. The first kappa shape index (κ1) is 21.9. The summed E-state index contributed by atoms with van der Waals surface area (Å²) in [7, 11) is -5.48. The second-order valence-corrected chi connectivity index (χ2v) is 7.38. The Morgan fingerprint density at radius 3 is 1.87 bits per heavy atom. The molecule has 0 aromatic heterocycles. The molecule has 0 atom stereocenters. The molecule has 0 saturated heterocycles. The highest BCUT2D eigenvalue weighted by atomic mass is 32.2. The molecule has 0 aliphatic heterocycles. The Labute approximate surface area is 172 Å². The van der Waals surface area contributed by atoms with Gasteiger partial charge in [0.05, 0.1) is 5.57 Å². The fourth-order valence-corrected chi connectivity index (χ4v) is 3.40. The zero-order valence-electron chi connectivity index (χ0n) is 15.1. The number of rotatable bonds is 4. The topological polar surface area (TPSA) is 79.5 Å². The van der Waals surface area contributed by atoms with Crippen LogP contribution in [0, 0.1) is 40.4 Å². The number of benzene rings is 2. The summed E-state index contributed by atoms with van der Waals surface area (Å²) in [6, 6.07) is 10.7. The van der Waals surface area contributed by atoms with Gasteiger partial charge in [-0.2, -0.15) is 13.7 Å². The molecule has 2 aromatic carbocycles. The zero-order valence-corrected chi connectivity index (χ0v) is 15.9. The summed E-state index contributed by atoms with van der Waals surface area (Å²) in [6.07, 6.45) is 5.25.